The molecule has 114 valence electrons. The second-order valence-electron chi connectivity index (χ2n) is 4.67. The van der Waals surface area contributed by atoms with Gasteiger partial charge in [-0.15, -0.1) is 12.4 Å². The molecule has 0 amide bonds. The molecule has 0 bridgehead atoms. The lowest BCUT2D eigenvalue weighted by atomic mass is 9.96. The molecular formula is C16H19ClFNO2. The average Bonchev–Trinajstić information content (AvgIpc) is 2.47. The first-order valence-electron chi connectivity index (χ1n) is 6.43. The number of methoxy groups -OCH3 is 1. The van der Waals surface area contributed by atoms with E-state index < -0.39 is 18.0 Å². The highest BCUT2D eigenvalue weighted by atomic mass is 35.5. The summed E-state index contributed by atoms with van der Waals surface area (Å²) >= 11 is 0. The number of nitrogens with two attached hydrogens (primary N) is 1. The molecule has 2 aromatic carbocycles. The van der Waals surface area contributed by atoms with Crippen LogP contribution in [0.1, 0.15) is 17.2 Å². The summed E-state index contributed by atoms with van der Waals surface area (Å²) in [4.78, 5) is 0. The summed E-state index contributed by atoms with van der Waals surface area (Å²) in [6, 6.07) is 13.2. The number of benzene rings is 2. The van der Waals surface area contributed by atoms with Gasteiger partial charge in [0.05, 0.1) is 19.3 Å². The summed E-state index contributed by atoms with van der Waals surface area (Å²) < 4.78 is 18.9. The predicted octanol–water partition coefficient (Wildman–Crippen LogP) is 2.86. The molecule has 3 nitrogen and oxygen atoms in total. The first-order valence-corrected chi connectivity index (χ1v) is 6.43. The van der Waals surface area contributed by atoms with E-state index in [9.17, 15) is 9.50 Å². The topological polar surface area (TPSA) is 55.5 Å². The Morgan fingerprint density at radius 3 is 2.43 bits per heavy atom. The highest BCUT2D eigenvalue weighted by Gasteiger charge is 2.20. The van der Waals surface area contributed by atoms with Crippen LogP contribution in [0.5, 0.6) is 5.75 Å². The standard InChI is InChI=1S/C16H18FNO2.ClH/c1-20-12-7-8-13(14(17)10-12)16(18)15(19)9-11-5-3-2-4-6-11;/h2-8,10,15-16,19H,9,18H2,1H3;1H/t15-,16+;/m1./s1. The van der Waals surface area contributed by atoms with Gasteiger partial charge in [0.1, 0.15) is 11.6 Å². The fourth-order valence-corrected chi connectivity index (χ4v) is 2.09. The van der Waals surface area contributed by atoms with Crippen LogP contribution in [-0.4, -0.2) is 18.3 Å². The van der Waals surface area contributed by atoms with E-state index in [-0.39, 0.29) is 18.0 Å². The Bertz CT molecular complexity index is 565. The van der Waals surface area contributed by atoms with Crippen molar-refractivity contribution in [1.29, 1.82) is 0 Å². The van der Waals surface area contributed by atoms with Gasteiger partial charge in [-0.25, -0.2) is 4.39 Å². The van der Waals surface area contributed by atoms with Crippen molar-refractivity contribution in [3.8, 4) is 5.75 Å². The van der Waals surface area contributed by atoms with E-state index in [0.717, 1.165) is 5.56 Å². The second-order valence-corrected chi connectivity index (χ2v) is 4.67. The molecular weight excluding hydrogens is 293 g/mol. The quantitative estimate of drug-likeness (QED) is 0.892. The Labute approximate surface area is 130 Å². The van der Waals surface area contributed by atoms with Crippen molar-refractivity contribution in [2.24, 2.45) is 5.73 Å². The van der Waals surface area contributed by atoms with Crippen LogP contribution in [-0.2, 0) is 6.42 Å². The minimum atomic E-state index is -0.847. The maximum Gasteiger partial charge on any atom is 0.131 e. The van der Waals surface area contributed by atoms with Gasteiger partial charge in [-0.3, -0.25) is 0 Å². The van der Waals surface area contributed by atoms with Crippen LogP contribution in [0, 0.1) is 5.82 Å². The van der Waals surface area contributed by atoms with Crippen LogP contribution in [0.25, 0.3) is 0 Å². The highest BCUT2D eigenvalue weighted by molar-refractivity contribution is 5.85. The summed E-state index contributed by atoms with van der Waals surface area (Å²) in [5.41, 5.74) is 7.20. The van der Waals surface area contributed by atoms with Crippen molar-refractivity contribution < 1.29 is 14.2 Å². The fourth-order valence-electron chi connectivity index (χ4n) is 2.09. The van der Waals surface area contributed by atoms with Gasteiger partial charge in [0.15, 0.2) is 0 Å². The van der Waals surface area contributed by atoms with Crippen LogP contribution >= 0.6 is 12.4 Å². The van der Waals surface area contributed by atoms with Crippen LogP contribution in [0.4, 0.5) is 4.39 Å². The summed E-state index contributed by atoms with van der Waals surface area (Å²) in [7, 11) is 1.47. The van der Waals surface area contributed by atoms with Gasteiger partial charge in [0.2, 0.25) is 0 Å². The van der Waals surface area contributed by atoms with Gasteiger partial charge in [0, 0.05) is 18.1 Å². The zero-order chi connectivity index (χ0) is 14.5. The first-order chi connectivity index (χ1) is 9.61. The zero-order valence-corrected chi connectivity index (χ0v) is 12.5. The summed E-state index contributed by atoms with van der Waals surface area (Å²) in [5.74, 6) is -0.0417. The van der Waals surface area contributed by atoms with Crippen molar-refractivity contribution in [2.75, 3.05) is 7.11 Å². The van der Waals surface area contributed by atoms with Gasteiger partial charge >= 0.3 is 0 Å². The Hall–Kier alpha value is -1.62. The Morgan fingerprint density at radius 2 is 1.86 bits per heavy atom. The molecule has 0 aromatic heterocycles. The molecule has 0 fully saturated rings. The third-order valence-corrected chi connectivity index (χ3v) is 3.27. The predicted molar refractivity (Wildman–Crippen MR) is 83.3 cm³/mol. The minimum Gasteiger partial charge on any atom is -0.497 e. The molecule has 21 heavy (non-hydrogen) atoms. The van der Waals surface area contributed by atoms with Gasteiger partial charge in [-0.2, -0.15) is 0 Å². The number of rotatable bonds is 5. The minimum absolute atomic E-state index is 0. The van der Waals surface area contributed by atoms with E-state index in [1.807, 2.05) is 30.3 Å². The molecule has 0 heterocycles. The van der Waals surface area contributed by atoms with E-state index in [0.29, 0.717) is 12.2 Å². The van der Waals surface area contributed by atoms with E-state index in [1.165, 1.54) is 13.2 Å². The van der Waals surface area contributed by atoms with Gasteiger partial charge < -0.3 is 15.6 Å². The molecule has 3 N–H and O–H groups in total. The summed E-state index contributed by atoms with van der Waals surface area (Å²) in [6.45, 7) is 0. The van der Waals surface area contributed by atoms with Crippen molar-refractivity contribution in [2.45, 2.75) is 18.6 Å². The van der Waals surface area contributed by atoms with Gasteiger partial charge in [0.25, 0.3) is 0 Å². The van der Waals surface area contributed by atoms with Crippen molar-refractivity contribution in [3.63, 3.8) is 0 Å². The molecule has 0 saturated heterocycles. The number of aliphatic hydroxyl groups excluding tert-OH is 1. The zero-order valence-electron chi connectivity index (χ0n) is 11.7. The van der Waals surface area contributed by atoms with Gasteiger partial charge in [-0.1, -0.05) is 36.4 Å². The third-order valence-electron chi connectivity index (χ3n) is 3.27. The number of ether oxygens (including phenoxy) is 1. The molecule has 2 atom stereocenters. The maximum absolute atomic E-state index is 13.9. The molecule has 5 heteroatoms. The molecule has 0 aliphatic carbocycles. The molecule has 2 aromatic rings. The molecule has 0 unspecified atom stereocenters. The number of aliphatic hydroxyl groups is 1. The van der Waals surface area contributed by atoms with Crippen LogP contribution < -0.4 is 10.5 Å². The Balaban J connectivity index is 0.00000220. The third kappa shape index (κ3) is 4.43. The lowest BCUT2D eigenvalue weighted by Gasteiger charge is -2.20. The van der Waals surface area contributed by atoms with E-state index in [4.69, 9.17) is 10.5 Å². The monoisotopic (exact) mass is 311 g/mol. The smallest absolute Gasteiger partial charge is 0.131 e. The summed E-state index contributed by atoms with van der Waals surface area (Å²) in [6.07, 6.45) is -0.465. The maximum atomic E-state index is 13.9. The molecule has 0 saturated carbocycles. The van der Waals surface area contributed by atoms with Crippen molar-refractivity contribution in [3.05, 3.63) is 65.5 Å². The molecule has 0 radical (unpaired) electrons. The van der Waals surface area contributed by atoms with E-state index in [2.05, 4.69) is 0 Å². The highest BCUT2D eigenvalue weighted by Crippen LogP contribution is 2.24. The Morgan fingerprint density at radius 1 is 1.19 bits per heavy atom. The number of hydrogen-bond acceptors (Lipinski definition) is 3. The normalized spacial score (nSPS) is 13.1. The second kappa shape index (κ2) is 7.98. The van der Waals surface area contributed by atoms with Crippen LogP contribution in [0.15, 0.2) is 48.5 Å². The van der Waals surface area contributed by atoms with Crippen molar-refractivity contribution in [1.82, 2.24) is 0 Å². The molecule has 0 aliphatic heterocycles. The number of halogens is 2. The largest absolute Gasteiger partial charge is 0.497 e. The van der Waals surface area contributed by atoms with Crippen molar-refractivity contribution >= 4 is 12.4 Å². The molecule has 0 spiro atoms. The SMILES string of the molecule is COc1ccc([C@H](N)[C@H](O)Cc2ccccc2)c(F)c1.Cl. The summed E-state index contributed by atoms with van der Waals surface area (Å²) in [5, 5.41) is 10.2. The van der Waals surface area contributed by atoms with Crippen LogP contribution in [0.2, 0.25) is 0 Å². The Kier molecular flexibility index (Phi) is 6.62. The van der Waals surface area contributed by atoms with Gasteiger partial charge in [-0.05, 0) is 11.6 Å². The van der Waals surface area contributed by atoms with E-state index >= 15 is 0 Å². The lowest BCUT2D eigenvalue weighted by molar-refractivity contribution is 0.143. The first kappa shape index (κ1) is 17.4. The van der Waals surface area contributed by atoms with E-state index in [1.54, 1.807) is 12.1 Å². The number of hydrogen-bond donors (Lipinski definition) is 2. The lowest BCUT2D eigenvalue weighted by Crippen LogP contribution is -2.28. The molecule has 0 aliphatic rings. The molecule has 2 rings (SSSR count). The van der Waals surface area contributed by atoms with Crippen LogP contribution in [0.3, 0.4) is 0 Å². The fraction of sp³-hybridized carbons (Fsp3) is 0.250. The average molecular weight is 312 g/mol.